The van der Waals surface area contributed by atoms with Crippen molar-refractivity contribution in [2.75, 3.05) is 7.05 Å². The highest BCUT2D eigenvalue weighted by Crippen LogP contribution is 2.28. The second-order valence-corrected chi connectivity index (χ2v) is 5.57. The summed E-state index contributed by atoms with van der Waals surface area (Å²) in [5, 5.41) is 3.17. The minimum absolute atomic E-state index is 0.00178. The summed E-state index contributed by atoms with van der Waals surface area (Å²) in [6.07, 6.45) is 2.17. The third-order valence-corrected chi connectivity index (χ3v) is 3.94. The highest BCUT2D eigenvalue weighted by molar-refractivity contribution is 9.10. The van der Waals surface area contributed by atoms with E-state index in [0.29, 0.717) is 16.7 Å². The summed E-state index contributed by atoms with van der Waals surface area (Å²) in [6, 6.07) is 6.84. The molecular weight excluding hydrogens is 365 g/mol. The second-order valence-electron chi connectivity index (χ2n) is 3.93. The summed E-state index contributed by atoms with van der Waals surface area (Å²) >= 11 is 6.70. The smallest absolute Gasteiger partial charge is 0.173 e. The maximum absolute atomic E-state index is 13.7. The maximum Gasteiger partial charge on any atom is 0.173 e. The largest absolute Gasteiger partial charge is 0.457 e. The molecular formula is C13H12Br2FNO. The van der Waals surface area contributed by atoms with Crippen LogP contribution in [0.5, 0.6) is 0 Å². The topological polar surface area (TPSA) is 25.2 Å². The molecule has 0 aliphatic carbocycles. The van der Waals surface area contributed by atoms with Crippen molar-refractivity contribution in [2.24, 2.45) is 0 Å². The van der Waals surface area contributed by atoms with E-state index in [1.807, 2.05) is 13.1 Å². The van der Waals surface area contributed by atoms with Crippen LogP contribution in [0.1, 0.15) is 17.2 Å². The van der Waals surface area contributed by atoms with E-state index in [1.54, 1.807) is 18.4 Å². The first-order valence-corrected chi connectivity index (χ1v) is 7.04. The number of rotatable bonds is 4. The van der Waals surface area contributed by atoms with Gasteiger partial charge in [-0.25, -0.2) is 4.39 Å². The van der Waals surface area contributed by atoms with Crippen LogP contribution in [0.4, 0.5) is 4.39 Å². The van der Waals surface area contributed by atoms with Crippen molar-refractivity contribution in [2.45, 2.75) is 12.5 Å². The quantitative estimate of drug-likeness (QED) is 0.852. The molecule has 18 heavy (non-hydrogen) atoms. The molecule has 0 saturated carbocycles. The lowest BCUT2D eigenvalue weighted by Gasteiger charge is -2.16. The van der Waals surface area contributed by atoms with Crippen LogP contribution in [0.15, 0.2) is 44.1 Å². The monoisotopic (exact) mass is 375 g/mol. The zero-order valence-corrected chi connectivity index (χ0v) is 12.9. The lowest BCUT2D eigenvalue weighted by molar-refractivity contribution is 0.512. The summed E-state index contributed by atoms with van der Waals surface area (Å²) in [4.78, 5) is 0. The lowest BCUT2D eigenvalue weighted by Crippen LogP contribution is -2.19. The fourth-order valence-electron chi connectivity index (χ4n) is 1.84. The van der Waals surface area contributed by atoms with Crippen LogP contribution in [0.2, 0.25) is 0 Å². The van der Waals surface area contributed by atoms with Gasteiger partial charge in [-0.15, -0.1) is 0 Å². The van der Waals surface area contributed by atoms with E-state index in [2.05, 4.69) is 37.2 Å². The van der Waals surface area contributed by atoms with Crippen LogP contribution < -0.4 is 5.32 Å². The SMILES string of the molecule is CNC(Cc1cc(Br)ccc1F)c1ccoc1Br. The fourth-order valence-corrected chi connectivity index (χ4v) is 2.77. The molecule has 0 fully saturated rings. The van der Waals surface area contributed by atoms with Crippen LogP contribution in [0.3, 0.4) is 0 Å². The Morgan fingerprint density at radius 3 is 2.72 bits per heavy atom. The minimum Gasteiger partial charge on any atom is -0.457 e. The third kappa shape index (κ3) is 3.02. The molecule has 2 nitrogen and oxygen atoms in total. The Morgan fingerprint density at radius 2 is 2.11 bits per heavy atom. The molecule has 1 N–H and O–H groups in total. The number of furan rings is 1. The first-order valence-electron chi connectivity index (χ1n) is 5.46. The Balaban J connectivity index is 2.26. The molecule has 0 aliphatic heterocycles. The average molecular weight is 377 g/mol. The van der Waals surface area contributed by atoms with E-state index in [-0.39, 0.29) is 11.9 Å². The molecule has 1 aromatic carbocycles. The molecule has 0 radical (unpaired) electrons. The van der Waals surface area contributed by atoms with Gasteiger partial charge in [0.1, 0.15) is 5.82 Å². The lowest BCUT2D eigenvalue weighted by atomic mass is 10.0. The summed E-state index contributed by atoms with van der Waals surface area (Å²) in [5.74, 6) is -0.196. The van der Waals surface area contributed by atoms with Crippen LogP contribution in [-0.2, 0) is 6.42 Å². The van der Waals surface area contributed by atoms with E-state index >= 15 is 0 Å². The number of benzene rings is 1. The Bertz CT molecular complexity index is 542. The van der Waals surface area contributed by atoms with Crippen LogP contribution in [0, 0.1) is 5.82 Å². The molecule has 0 amide bonds. The van der Waals surface area contributed by atoms with E-state index in [0.717, 1.165) is 10.0 Å². The summed E-state index contributed by atoms with van der Waals surface area (Å²) in [7, 11) is 1.85. The molecule has 1 heterocycles. The van der Waals surface area contributed by atoms with Gasteiger partial charge in [-0.2, -0.15) is 0 Å². The Morgan fingerprint density at radius 1 is 1.33 bits per heavy atom. The Labute approximate surface area is 122 Å². The molecule has 2 rings (SSSR count). The van der Waals surface area contributed by atoms with Crippen molar-refractivity contribution < 1.29 is 8.81 Å². The van der Waals surface area contributed by atoms with Crippen molar-refractivity contribution in [1.29, 1.82) is 0 Å². The zero-order valence-electron chi connectivity index (χ0n) is 9.71. The van der Waals surface area contributed by atoms with Gasteiger partial charge in [0.2, 0.25) is 0 Å². The standard InChI is InChI=1S/C13H12Br2FNO/c1-17-12(10-4-5-18-13(10)15)7-8-6-9(14)2-3-11(8)16/h2-6,12,17H,7H2,1H3. The van der Waals surface area contributed by atoms with E-state index < -0.39 is 0 Å². The third-order valence-electron chi connectivity index (χ3n) is 2.80. The van der Waals surface area contributed by atoms with Crippen molar-refractivity contribution in [3.63, 3.8) is 0 Å². The fraction of sp³-hybridized carbons (Fsp3) is 0.231. The molecule has 2 aromatic rings. The Kier molecular flexibility index (Phi) is 4.59. The highest BCUT2D eigenvalue weighted by Gasteiger charge is 2.17. The first-order chi connectivity index (χ1) is 8.61. The van der Waals surface area contributed by atoms with E-state index in [9.17, 15) is 4.39 Å². The molecule has 1 aromatic heterocycles. The molecule has 1 atom stereocenters. The van der Waals surface area contributed by atoms with Crippen LogP contribution >= 0.6 is 31.9 Å². The number of hydrogen-bond acceptors (Lipinski definition) is 2. The zero-order chi connectivity index (χ0) is 13.1. The molecule has 5 heteroatoms. The van der Waals surface area contributed by atoms with Gasteiger partial charge < -0.3 is 9.73 Å². The van der Waals surface area contributed by atoms with Crippen molar-refractivity contribution in [3.8, 4) is 0 Å². The van der Waals surface area contributed by atoms with Gasteiger partial charge in [0.25, 0.3) is 0 Å². The van der Waals surface area contributed by atoms with Gasteiger partial charge in [-0.1, -0.05) is 15.9 Å². The molecule has 1 unspecified atom stereocenters. The number of halogens is 3. The summed E-state index contributed by atoms with van der Waals surface area (Å²) in [5.41, 5.74) is 1.65. The van der Waals surface area contributed by atoms with Crippen molar-refractivity contribution >= 4 is 31.9 Å². The minimum atomic E-state index is -0.196. The predicted octanol–water partition coefficient (Wildman–Crippen LogP) is 4.45. The normalized spacial score (nSPS) is 12.7. The van der Waals surface area contributed by atoms with Gasteiger partial charge in [0, 0.05) is 16.1 Å². The number of likely N-dealkylation sites (N-methyl/N-ethyl adjacent to an activating group) is 1. The van der Waals surface area contributed by atoms with Crippen LogP contribution in [0.25, 0.3) is 0 Å². The number of hydrogen-bond donors (Lipinski definition) is 1. The van der Waals surface area contributed by atoms with Gasteiger partial charge in [0.05, 0.1) is 6.26 Å². The molecule has 0 bridgehead atoms. The molecule has 0 spiro atoms. The highest BCUT2D eigenvalue weighted by atomic mass is 79.9. The predicted molar refractivity (Wildman–Crippen MR) is 76.0 cm³/mol. The molecule has 96 valence electrons. The van der Waals surface area contributed by atoms with Gasteiger partial charge in [-0.3, -0.25) is 0 Å². The Hall–Kier alpha value is -0.650. The maximum atomic E-state index is 13.7. The second kappa shape index (κ2) is 5.99. The van der Waals surface area contributed by atoms with Gasteiger partial charge in [0.15, 0.2) is 4.67 Å². The van der Waals surface area contributed by atoms with E-state index in [1.165, 1.54) is 6.07 Å². The van der Waals surface area contributed by atoms with Gasteiger partial charge >= 0.3 is 0 Å². The van der Waals surface area contributed by atoms with E-state index in [4.69, 9.17) is 4.42 Å². The van der Waals surface area contributed by atoms with Crippen molar-refractivity contribution in [3.05, 3.63) is 56.6 Å². The van der Waals surface area contributed by atoms with Crippen LogP contribution in [-0.4, -0.2) is 7.05 Å². The molecule has 0 saturated heterocycles. The average Bonchev–Trinajstić information content (AvgIpc) is 2.77. The summed E-state index contributed by atoms with van der Waals surface area (Å²) < 4.78 is 20.5. The van der Waals surface area contributed by atoms with Gasteiger partial charge in [-0.05, 0) is 59.2 Å². The first kappa shape index (κ1) is 13.8. The number of nitrogens with one attached hydrogen (secondary N) is 1. The molecule has 0 aliphatic rings. The van der Waals surface area contributed by atoms with Crippen molar-refractivity contribution in [1.82, 2.24) is 5.32 Å². The summed E-state index contributed by atoms with van der Waals surface area (Å²) in [6.45, 7) is 0.